The standard InChI is InChI=1S/C26H28N4O4S/c1-4-34-25(32)23-17(2)29-26-30(24(23)18-8-7-10-21(14-18)33-3)20(16-35-26)15-22(31)28-13-11-19-9-5-6-12-27-19/h5-10,12,14,16,24H,4,11,13,15H2,1-3H3,(H,28,31)/t24-/m0/s1. The number of fused-ring (bicyclic) bond motifs is 1. The Kier molecular flexibility index (Phi) is 7.87. The van der Waals surface area contributed by atoms with Crippen LogP contribution in [0.25, 0.3) is 0 Å². The molecule has 2 aliphatic rings. The Labute approximate surface area is 209 Å². The topological polar surface area (TPSA) is 93.1 Å². The summed E-state index contributed by atoms with van der Waals surface area (Å²) >= 11 is 1.44. The Morgan fingerprint density at radius 3 is 2.80 bits per heavy atom. The van der Waals surface area contributed by atoms with Gasteiger partial charge in [-0.1, -0.05) is 30.0 Å². The number of aliphatic imine (C=N–C) groups is 1. The van der Waals surface area contributed by atoms with Crippen molar-refractivity contribution in [2.45, 2.75) is 32.7 Å². The lowest BCUT2D eigenvalue weighted by Crippen LogP contribution is -2.38. The summed E-state index contributed by atoms with van der Waals surface area (Å²) in [5, 5.41) is 5.61. The highest BCUT2D eigenvalue weighted by Crippen LogP contribution is 2.45. The molecule has 0 spiro atoms. The molecule has 0 bridgehead atoms. The van der Waals surface area contributed by atoms with E-state index in [1.54, 1.807) is 20.2 Å². The first-order valence-corrected chi connectivity index (χ1v) is 12.3. The third-order valence-electron chi connectivity index (χ3n) is 5.68. The van der Waals surface area contributed by atoms with E-state index in [2.05, 4.69) is 15.3 Å². The summed E-state index contributed by atoms with van der Waals surface area (Å²) in [5.41, 5.74) is 3.60. The molecule has 1 atom stereocenters. The maximum absolute atomic E-state index is 13.0. The summed E-state index contributed by atoms with van der Waals surface area (Å²) < 4.78 is 10.8. The van der Waals surface area contributed by atoms with Crippen LogP contribution in [0.3, 0.4) is 0 Å². The zero-order valence-electron chi connectivity index (χ0n) is 20.0. The molecular weight excluding hydrogens is 464 g/mol. The lowest BCUT2D eigenvalue weighted by atomic mass is 9.93. The van der Waals surface area contributed by atoms with E-state index >= 15 is 0 Å². The predicted octanol–water partition coefficient (Wildman–Crippen LogP) is 3.98. The van der Waals surface area contributed by atoms with Gasteiger partial charge < -0.3 is 19.7 Å². The molecule has 8 nitrogen and oxygen atoms in total. The van der Waals surface area contributed by atoms with Crippen molar-refractivity contribution >= 4 is 28.8 Å². The number of ether oxygens (including phenoxy) is 2. The Hall–Kier alpha value is -3.59. The molecule has 1 amide bonds. The van der Waals surface area contributed by atoms with Crippen molar-refractivity contribution in [3.8, 4) is 5.75 Å². The maximum atomic E-state index is 13.0. The minimum atomic E-state index is -0.487. The van der Waals surface area contributed by atoms with Crippen LogP contribution in [0.15, 0.2) is 76.0 Å². The lowest BCUT2D eigenvalue weighted by Gasteiger charge is -2.36. The molecule has 0 unspecified atom stereocenters. The fourth-order valence-corrected chi connectivity index (χ4v) is 5.03. The number of rotatable bonds is 9. The largest absolute Gasteiger partial charge is 0.497 e. The van der Waals surface area contributed by atoms with Gasteiger partial charge in [0, 0.05) is 30.6 Å². The first-order valence-electron chi connectivity index (χ1n) is 11.4. The van der Waals surface area contributed by atoms with Crippen LogP contribution < -0.4 is 10.1 Å². The summed E-state index contributed by atoms with van der Waals surface area (Å²) in [6, 6.07) is 12.8. The minimum absolute atomic E-state index is 0.109. The maximum Gasteiger partial charge on any atom is 0.338 e. The van der Waals surface area contributed by atoms with Gasteiger partial charge in [-0.3, -0.25) is 9.78 Å². The Morgan fingerprint density at radius 1 is 1.20 bits per heavy atom. The van der Waals surface area contributed by atoms with Gasteiger partial charge in [0.05, 0.1) is 37.4 Å². The molecule has 9 heteroatoms. The highest BCUT2D eigenvalue weighted by Gasteiger charge is 2.41. The molecule has 1 aromatic heterocycles. The first kappa shape index (κ1) is 24.5. The highest BCUT2D eigenvalue weighted by molar-refractivity contribution is 8.16. The van der Waals surface area contributed by atoms with Gasteiger partial charge in [-0.2, -0.15) is 0 Å². The molecule has 0 radical (unpaired) electrons. The molecular formula is C26H28N4O4S. The SMILES string of the molecule is CCOC(=O)C1=C(C)N=C2SC=C(CC(=O)NCCc3ccccn3)N2[C@H]1c1cccc(OC)c1. The lowest BCUT2D eigenvalue weighted by molar-refractivity contribution is -0.139. The molecule has 2 aliphatic heterocycles. The van der Waals surface area contributed by atoms with Crippen molar-refractivity contribution in [1.82, 2.24) is 15.2 Å². The molecule has 0 fully saturated rings. The van der Waals surface area contributed by atoms with Gasteiger partial charge in [0.15, 0.2) is 5.17 Å². The Balaban J connectivity index is 1.57. The number of pyridine rings is 1. The van der Waals surface area contributed by atoms with E-state index in [-0.39, 0.29) is 18.9 Å². The summed E-state index contributed by atoms with van der Waals surface area (Å²) in [6.07, 6.45) is 2.55. The zero-order valence-corrected chi connectivity index (χ0v) is 20.8. The number of thioether (sulfide) groups is 1. The van der Waals surface area contributed by atoms with Gasteiger partial charge in [0.1, 0.15) is 5.75 Å². The van der Waals surface area contributed by atoms with E-state index in [1.807, 2.05) is 59.7 Å². The number of carbonyl (C=O) groups excluding carboxylic acids is 2. The average molecular weight is 493 g/mol. The normalized spacial score (nSPS) is 16.9. The third kappa shape index (κ3) is 5.57. The quantitative estimate of drug-likeness (QED) is 0.529. The molecule has 0 aliphatic carbocycles. The van der Waals surface area contributed by atoms with E-state index in [1.165, 1.54) is 11.8 Å². The first-order chi connectivity index (χ1) is 17.0. The second kappa shape index (κ2) is 11.2. The second-order valence-electron chi connectivity index (χ2n) is 7.99. The van der Waals surface area contributed by atoms with Crippen LogP contribution in [0.2, 0.25) is 0 Å². The van der Waals surface area contributed by atoms with Crippen molar-refractivity contribution in [2.24, 2.45) is 4.99 Å². The van der Waals surface area contributed by atoms with E-state index in [9.17, 15) is 9.59 Å². The Morgan fingerprint density at radius 2 is 2.06 bits per heavy atom. The Bertz CT molecular complexity index is 1190. The number of nitrogens with one attached hydrogen (secondary N) is 1. The van der Waals surface area contributed by atoms with Gasteiger partial charge in [0.2, 0.25) is 5.91 Å². The number of nitrogens with zero attached hydrogens (tertiary/aromatic N) is 3. The van der Waals surface area contributed by atoms with Gasteiger partial charge in [-0.05, 0) is 49.1 Å². The highest BCUT2D eigenvalue weighted by atomic mass is 32.2. The van der Waals surface area contributed by atoms with Crippen LogP contribution in [0.4, 0.5) is 0 Å². The molecule has 1 N–H and O–H groups in total. The fourth-order valence-electron chi connectivity index (χ4n) is 4.07. The van der Waals surface area contributed by atoms with Crippen LogP contribution >= 0.6 is 11.8 Å². The minimum Gasteiger partial charge on any atom is -0.497 e. The summed E-state index contributed by atoms with van der Waals surface area (Å²) in [5.74, 6) is 0.149. The average Bonchev–Trinajstić information content (AvgIpc) is 3.25. The van der Waals surface area contributed by atoms with Crippen molar-refractivity contribution in [1.29, 1.82) is 0 Å². The summed E-state index contributed by atoms with van der Waals surface area (Å²) in [7, 11) is 1.60. The molecule has 1 aromatic carbocycles. The van der Waals surface area contributed by atoms with E-state index in [4.69, 9.17) is 9.47 Å². The zero-order chi connectivity index (χ0) is 24.8. The number of carbonyl (C=O) groups is 2. The number of esters is 1. The number of aromatic nitrogens is 1. The van der Waals surface area contributed by atoms with E-state index < -0.39 is 12.0 Å². The van der Waals surface area contributed by atoms with Gasteiger partial charge in [-0.15, -0.1) is 0 Å². The molecule has 0 saturated heterocycles. The van der Waals surface area contributed by atoms with Crippen molar-refractivity contribution in [3.63, 3.8) is 0 Å². The smallest absolute Gasteiger partial charge is 0.338 e. The second-order valence-corrected chi connectivity index (χ2v) is 8.82. The van der Waals surface area contributed by atoms with Gasteiger partial charge in [0.25, 0.3) is 0 Å². The van der Waals surface area contributed by atoms with Gasteiger partial charge in [-0.25, -0.2) is 9.79 Å². The van der Waals surface area contributed by atoms with Crippen molar-refractivity contribution < 1.29 is 19.1 Å². The van der Waals surface area contributed by atoms with E-state index in [0.29, 0.717) is 30.0 Å². The number of amides is 1. The van der Waals surface area contributed by atoms with Gasteiger partial charge >= 0.3 is 5.97 Å². The summed E-state index contributed by atoms with van der Waals surface area (Å²) in [6.45, 7) is 4.33. The fraction of sp³-hybridized carbons (Fsp3) is 0.308. The van der Waals surface area contributed by atoms with Crippen molar-refractivity contribution in [2.75, 3.05) is 20.3 Å². The predicted molar refractivity (Wildman–Crippen MR) is 136 cm³/mol. The number of allylic oxidation sites excluding steroid dienone is 1. The van der Waals surface area contributed by atoms with Crippen LogP contribution in [0.1, 0.15) is 37.6 Å². The summed E-state index contributed by atoms with van der Waals surface area (Å²) in [4.78, 5) is 36.8. The van der Waals surface area contributed by atoms with Crippen molar-refractivity contribution in [3.05, 3.63) is 82.3 Å². The van der Waals surface area contributed by atoms with Crippen LogP contribution in [0, 0.1) is 0 Å². The van der Waals surface area contributed by atoms with E-state index in [0.717, 1.165) is 22.1 Å². The molecule has 2 aromatic rings. The number of amidine groups is 1. The van der Waals surface area contributed by atoms with Crippen LogP contribution in [-0.4, -0.2) is 47.2 Å². The monoisotopic (exact) mass is 492 g/mol. The molecule has 3 heterocycles. The van der Waals surface area contributed by atoms with Crippen LogP contribution in [0.5, 0.6) is 5.75 Å². The number of hydrogen-bond acceptors (Lipinski definition) is 8. The molecule has 182 valence electrons. The third-order valence-corrected chi connectivity index (χ3v) is 6.57. The van der Waals surface area contributed by atoms with Crippen LogP contribution in [-0.2, 0) is 20.7 Å². The molecule has 35 heavy (non-hydrogen) atoms. The number of hydrogen-bond donors (Lipinski definition) is 1. The number of benzene rings is 1. The molecule has 4 rings (SSSR count). The number of methoxy groups -OCH3 is 1. The molecule has 0 saturated carbocycles.